The van der Waals surface area contributed by atoms with Gasteiger partial charge in [0.25, 0.3) is 0 Å². The molecule has 1 aromatic carbocycles. The largest absolute Gasteiger partial charge is 0.347 e. The molecular formula is C15H22N4O4S. The van der Waals surface area contributed by atoms with Gasteiger partial charge in [0.1, 0.15) is 0 Å². The van der Waals surface area contributed by atoms with Gasteiger partial charge in [0.05, 0.1) is 11.4 Å². The molecule has 1 saturated heterocycles. The summed E-state index contributed by atoms with van der Waals surface area (Å²) in [6.07, 6.45) is 0.605. The predicted molar refractivity (Wildman–Crippen MR) is 92.4 cm³/mol. The molecule has 9 heteroatoms. The molecule has 0 radical (unpaired) electrons. The number of carbonyl (C=O) groups excluding carboxylic acids is 2. The molecule has 24 heavy (non-hydrogen) atoms. The monoisotopic (exact) mass is 354 g/mol. The molecule has 0 saturated carbocycles. The Morgan fingerprint density at radius 1 is 1.17 bits per heavy atom. The molecule has 2 amide bonds. The van der Waals surface area contributed by atoms with Crippen molar-refractivity contribution in [3.05, 3.63) is 24.3 Å². The number of amides is 2. The lowest BCUT2D eigenvalue weighted by Crippen LogP contribution is -2.38. The first-order valence-electron chi connectivity index (χ1n) is 7.64. The van der Waals surface area contributed by atoms with Gasteiger partial charge in [-0.15, -0.1) is 0 Å². The van der Waals surface area contributed by atoms with Gasteiger partial charge >= 0.3 is 11.8 Å². The second kappa shape index (κ2) is 7.63. The number of anilines is 2. The van der Waals surface area contributed by atoms with Gasteiger partial charge in [-0.2, -0.15) is 0 Å². The molecule has 2 N–H and O–H groups in total. The van der Waals surface area contributed by atoms with Crippen LogP contribution >= 0.6 is 0 Å². The first kappa shape index (κ1) is 18.2. The van der Waals surface area contributed by atoms with E-state index in [-0.39, 0.29) is 5.75 Å². The molecule has 2 rings (SSSR count). The van der Waals surface area contributed by atoms with Crippen LogP contribution in [0, 0.1) is 0 Å². The number of rotatable bonds is 5. The van der Waals surface area contributed by atoms with Crippen molar-refractivity contribution < 1.29 is 18.0 Å². The van der Waals surface area contributed by atoms with Crippen LogP contribution in [0.3, 0.4) is 0 Å². The van der Waals surface area contributed by atoms with Crippen LogP contribution in [-0.4, -0.2) is 64.6 Å². The Labute approximate surface area is 141 Å². The maximum Gasteiger partial charge on any atom is 0.313 e. The third-order valence-corrected chi connectivity index (χ3v) is 5.43. The van der Waals surface area contributed by atoms with E-state index in [1.54, 1.807) is 24.3 Å². The molecule has 1 aromatic rings. The second-order valence-electron chi connectivity index (χ2n) is 5.80. The first-order valence-corrected chi connectivity index (χ1v) is 9.25. The first-order chi connectivity index (χ1) is 11.3. The van der Waals surface area contributed by atoms with E-state index < -0.39 is 21.8 Å². The molecule has 1 aliphatic rings. The maximum atomic E-state index is 11.9. The van der Waals surface area contributed by atoms with Crippen LogP contribution < -0.4 is 14.9 Å². The minimum absolute atomic E-state index is 0.151. The number of sulfonamides is 1. The number of likely N-dealkylation sites (N-methyl/N-ethyl adjacent to an activating group) is 1. The quantitative estimate of drug-likeness (QED) is 0.716. The van der Waals surface area contributed by atoms with Crippen molar-refractivity contribution in [1.82, 2.24) is 10.2 Å². The average Bonchev–Trinajstić information content (AvgIpc) is 2.87. The van der Waals surface area contributed by atoms with Gasteiger partial charge in [0.15, 0.2) is 0 Å². The highest BCUT2D eigenvalue weighted by Gasteiger charge is 2.28. The van der Waals surface area contributed by atoms with E-state index in [4.69, 9.17) is 0 Å². The number of hydrogen-bond donors (Lipinski definition) is 2. The second-order valence-corrected chi connectivity index (χ2v) is 7.81. The smallest absolute Gasteiger partial charge is 0.313 e. The third-order valence-electron chi connectivity index (χ3n) is 3.56. The Kier molecular flexibility index (Phi) is 5.79. The van der Waals surface area contributed by atoms with Crippen LogP contribution in [0.1, 0.15) is 6.42 Å². The third kappa shape index (κ3) is 4.68. The summed E-state index contributed by atoms with van der Waals surface area (Å²) in [5, 5.41) is 5.01. The lowest BCUT2D eigenvalue weighted by atomic mass is 10.2. The summed E-state index contributed by atoms with van der Waals surface area (Å²) in [5.74, 6) is -1.31. The molecule has 0 aromatic heterocycles. The summed E-state index contributed by atoms with van der Waals surface area (Å²) >= 11 is 0. The van der Waals surface area contributed by atoms with E-state index in [9.17, 15) is 18.0 Å². The van der Waals surface area contributed by atoms with Crippen LogP contribution in [0.4, 0.5) is 11.4 Å². The van der Waals surface area contributed by atoms with E-state index in [0.717, 1.165) is 0 Å². The SMILES string of the molecule is CN(C)CCNC(=O)C(=O)Nc1ccc(N2CCCS2(=O)=O)cc1. The van der Waals surface area contributed by atoms with Crippen LogP contribution in [0.5, 0.6) is 0 Å². The number of hydrogen-bond acceptors (Lipinski definition) is 5. The summed E-state index contributed by atoms with van der Waals surface area (Å²) in [7, 11) is 0.510. The fourth-order valence-corrected chi connectivity index (χ4v) is 3.87. The molecule has 132 valence electrons. The van der Waals surface area contributed by atoms with Crippen LogP contribution in [0.25, 0.3) is 0 Å². The molecule has 0 aliphatic carbocycles. The minimum atomic E-state index is -3.23. The van der Waals surface area contributed by atoms with E-state index in [0.29, 0.717) is 37.4 Å². The van der Waals surface area contributed by atoms with Gasteiger partial charge in [-0.3, -0.25) is 13.9 Å². The highest BCUT2D eigenvalue weighted by Crippen LogP contribution is 2.25. The normalized spacial score (nSPS) is 16.2. The molecule has 1 fully saturated rings. The van der Waals surface area contributed by atoms with Crippen LogP contribution in [0.2, 0.25) is 0 Å². The Hall–Kier alpha value is -2.13. The Bertz CT molecular complexity index is 701. The standard InChI is InChI=1S/C15H22N4O4S/c1-18(2)10-8-16-14(20)15(21)17-12-4-6-13(7-5-12)19-9-3-11-24(19,22)23/h4-7H,3,8-11H2,1-2H3,(H,16,20)(H,17,21). The fraction of sp³-hybridized carbons (Fsp3) is 0.467. The van der Waals surface area contributed by atoms with Gasteiger partial charge in [-0.05, 0) is 44.8 Å². The van der Waals surface area contributed by atoms with Gasteiger partial charge in [-0.1, -0.05) is 0 Å². The number of nitrogens with zero attached hydrogens (tertiary/aromatic N) is 2. The zero-order valence-corrected chi connectivity index (χ0v) is 14.6. The lowest BCUT2D eigenvalue weighted by Gasteiger charge is -2.17. The topological polar surface area (TPSA) is 98.8 Å². The molecule has 0 bridgehead atoms. The molecule has 0 spiro atoms. The molecule has 0 unspecified atom stereocenters. The Balaban J connectivity index is 1.92. The van der Waals surface area contributed by atoms with E-state index >= 15 is 0 Å². The molecule has 1 heterocycles. The molecule has 1 aliphatic heterocycles. The van der Waals surface area contributed by atoms with Gasteiger partial charge in [0, 0.05) is 25.3 Å². The van der Waals surface area contributed by atoms with Crippen molar-refractivity contribution in [1.29, 1.82) is 0 Å². The van der Waals surface area contributed by atoms with Gasteiger partial charge in [0.2, 0.25) is 10.0 Å². The summed E-state index contributed by atoms with van der Waals surface area (Å²) < 4.78 is 25.1. The minimum Gasteiger partial charge on any atom is -0.347 e. The van der Waals surface area contributed by atoms with Crippen molar-refractivity contribution in [2.45, 2.75) is 6.42 Å². The summed E-state index contributed by atoms with van der Waals surface area (Å²) in [6, 6.07) is 6.38. The molecule has 8 nitrogen and oxygen atoms in total. The van der Waals surface area contributed by atoms with Gasteiger partial charge < -0.3 is 15.5 Å². The summed E-state index contributed by atoms with van der Waals surface area (Å²) in [4.78, 5) is 25.3. The van der Waals surface area contributed by atoms with Crippen LogP contribution in [-0.2, 0) is 19.6 Å². The summed E-state index contributed by atoms with van der Waals surface area (Å²) in [5.41, 5.74) is 0.990. The predicted octanol–water partition coefficient (Wildman–Crippen LogP) is -0.157. The molecule has 0 atom stereocenters. The number of benzene rings is 1. The van der Waals surface area contributed by atoms with Crippen molar-refractivity contribution in [3.63, 3.8) is 0 Å². The zero-order valence-electron chi connectivity index (χ0n) is 13.8. The summed E-state index contributed by atoms with van der Waals surface area (Å²) in [6.45, 7) is 1.48. The number of carbonyl (C=O) groups is 2. The lowest BCUT2D eigenvalue weighted by molar-refractivity contribution is -0.136. The molecular weight excluding hydrogens is 332 g/mol. The highest BCUT2D eigenvalue weighted by molar-refractivity contribution is 7.93. The Morgan fingerprint density at radius 3 is 2.38 bits per heavy atom. The van der Waals surface area contributed by atoms with Crippen molar-refractivity contribution >= 4 is 33.2 Å². The zero-order chi connectivity index (χ0) is 17.7. The van der Waals surface area contributed by atoms with Crippen molar-refractivity contribution in [2.75, 3.05) is 49.1 Å². The highest BCUT2D eigenvalue weighted by atomic mass is 32.2. The maximum absolute atomic E-state index is 11.9. The van der Waals surface area contributed by atoms with Crippen molar-refractivity contribution in [2.24, 2.45) is 0 Å². The van der Waals surface area contributed by atoms with E-state index in [1.165, 1.54) is 4.31 Å². The fourth-order valence-electron chi connectivity index (χ4n) is 2.30. The van der Waals surface area contributed by atoms with E-state index in [1.807, 2.05) is 19.0 Å². The van der Waals surface area contributed by atoms with Crippen LogP contribution in [0.15, 0.2) is 24.3 Å². The van der Waals surface area contributed by atoms with Gasteiger partial charge in [-0.25, -0.2) is 8.42 Å². The Morgan fingerprint density at radius 2 is 1.83 bits per heavy atom. The number of nitrogens with one attached hydrogen (secondary N) is 2. The average molecular weight is 354 g/mol. The van der Waals surface area contributed by atoms with E-state index in [2.05, 4.69) is 10.6 Å². The van der Waals surface area contributed by atoms with Crippen molar-refractivity contribution in [3.8, 4) is 0 Å².